The molecule has 0 saturated carbocycles. The van der Waals surface area contributed by atoms with Crippen LogP contribution in [0.3, 0.4) is 0 Å². The zero-order valence-corrected chi connectivity index (χ0v) is 6.22. The maximum Gasteiger partial charge on any atom is 0.243 e. The Hall–Kier alpha value is -0.170. The van der Waals surface area contributed by atoms with Gasteiger partial charge in [-0.1, -0.05) is 0 Å². The molecule has 0 fully saturated rings. The number of hydrogen-bond donors (Lipinski definition) is 2. The molecule has 0 aromatic heterocycles. The van der Waals surface area contributed by atoms with Gasteiger partial charge in [0.2, 0.25) is 10.0 Å². The molecule has 0 bridgehead atoms. The molecule has 6 heteroatoms. The molecule has 0 aliphatic heterocycles. The minimum Gasteiger partial charge on any atom is -0.302 e. The highest BCUT2D eigenvalue weighted by molar-refractivity contribution is 7.89. The van der Waals surface area contributed by atoms with Gasteiger partial charge in [-0.25, -0.2) is 12.7 Å². The van der Waals surface area contributed by atoms with E-state index in [9.17, 15) is 8.42 Å². The molecule has 0 rings (SSSR count). The first-order chi connectivity index (χ1) is 3.89. The third-order valence-corrected chi connectivity index (χ3v) is 2.56. The normalized spacial score (nSPS) is 13.1. The Labute approximate surface area is 54.7 Å². The Morgan fingerprint density at radius 1 is 1.33 bits per heavy atom. The van der Waals surface area contributed by atoms with E-state index >= 15 is 0 Å². The van der Waals surface area contributed by atoms with Crippen LogP contribution in [0.4, 0.5) is 0 Å². The van der Waals surface area contributed by atoms with Crippen LogP contribution in [0.1, 0.15) is 0 Å². The van der Waals surface area contributed by atoms with E-state index in [1.165, 1.54) is 14.1 Å². The van der Waals surface area contributed by atoms with Crippen LogP contribution >= 0.6 is 0 Å². The molecular formula is C3H11N3O2S. The summed E-state index contributed by atoms with van der Waals surface area (Å²) in [6.07, 6.45) is 0. The van der Waals surface area contributed by atoms with Crippen LogP contribution < -0.4 is 11.5 Å². The Morgan fingerprint density at radius 3 is 1.67 bits per heavy atom. The van der Waals surface area contributed by atoms with Crippen molar-refractivity contribution in [2.24, 2.45) is 11.5 Å². The summed E-state index contributed by atoms with van der Waals surface area (Å²) in [6, 6.07) is 0. The van der Waals surface area contributed by atoms with Crippen LogP contribution in [0, 0.1) is 0 Å². The maximum absolute atomic E-state index is 10.7. The number of nitrogens with two attached hydrogens (primary N) is 2. The Morgan fingerprint density at radius 2 is 1.67 bits per heavy atom. The van der Waals surface area contributed by atoms with Gasteiger partial charge >= 0.3 is 0 Å². The summed E-state index contributed by atoms with van der Waals surface area (Å²) in [5, 5.41) is 0. The largest absolute Gasteiger partial charge is 0.302 e. The fourth-order valence-electron chi connectivity index (χ4n) is 0.243. The lowest BCUT2D eigenvalue weighted by molar-refractivity contribution is 0.507. The Kier molecular flexibility index (Phi) is 2.56. The van der Waals surface area contributed by atoms with Crippen LogP contribution in [0.2, 0.25) is 0 Å². The second-order valence-corrected chi connectivity index (χ2v) is 4.10. The van der Waals surface area contributed by atoms with Crippen LogP contribution in [0.5, 0.6) is 0 Å². The fourth-order valence-corrected chi connectivity index (χ4v) is 0.730. The quantitative estimate of drug-likeness (QED) is 0.452. The zero-order chi connectivity index (χ0) is 7.65. The van der Waals surface area contributed by atoms with Gasteiger partial charge in [0.05, 0.1) is 0 Å². The van der Waals surface area contributed by atoms with Gasteiger partial charge in [0, 0.05) is 14.1 Å². The summed E-state index contributed by atoms with van der Waals surface area (Å²) >= 11 is 0. The number of sulfonamides is 1. The molecule has 4 N–H and O–H groups in total. The van der Waals surface area contributed by atoms with Crippen LogP contribution in [0.25, 0.3) is 0 Å². The van der Waals surface area contributed by atoms with E-state index < -0.39 is 15.5 Å². The van der Waals surface area contributed by atoms with Crippen molar-refractivity contribution in [1.29, 1.82) is 0 Å². The molecule has 0 heterocycles. The van der Waals surface area contributed by atoms with E-state index in [-0.39, 0.29) is 0 Å². The molecule has 0 amide bonds. The van der Waals surface area contributed by atoms with Crippen molar-refractivity contribution in [1.82, 2.24) is 4.31 Å². The maximum atomic E-state index is 10.7. The van der Waals surface area contributed by atoms with Crippen LogP contribution in [0.15, 0.2) is 0 Å². The van der Waals surface area contributed by atoms with E-state index in [0.29, 0.717) is 0 Å². The highest BCUT2D eigenvalue weighted by atomic mass is 32.2. The summed E-state index contributed by atoms with van der Waals surface area (Å²) in [5.41, 5.74) is 8.53. The molecule has 0 spiro atoms. The van der Waals surface area contributed by atoms with Crippen molar-refractivity contribution < 1.29 is 8.42 Å². The molecular weight excluding hydrogens is 142 g/mol. The van der Waals surface area contributed by atoms with E-state index in [4.69, 9.17) is 11.5 Å². The lowest BCUT2D eigenvalue weighted by atomic mass is 11.2. The van der Waals surface area contributed by atoms with Crippen molar-refractivity contribution >= 4 is 10.0 Å². The Balaban J connectivity index is 4.42. The van der Waals surface area contributed by atoms with Crippen LogP contribution in [-0.2, 0) is 10.0 Å². The van der Waals surface area contributed by atoms with Crippen molar-refractivity contribution in [3.8, 4) is 0 Å². The molecule has 0 radical (unpaired) electrons. The first kappa shape index (κ1) is 8.83. The first-order valence-corrected chi connectivity index (χ1v) is 3.82. The molecule has 0 aliphatic rings. The molecule has 5 nitrogen and oxygen atoms in total. The third-order valence-electron chi connectivity index (χ3n) is 0.853. The predicted molar refractivity (Wildman–Crippen MR) is 34.8 cm³/mol. The van der Waals surface area contributed by atoms with Crippen molar-refractivity contribution in [3.05, 3.63) is 0 Å². The van der Waals surface area contributed by atoms with Crippen LogP contribution in [-0.4, -0.2) is 32.3 Å². The standard InChI is InChI=1S/C3H11N3O2S/c1-6(2)9(7,8)3(4)5/h3H,4-5H2,1-2H3. The van der Waals surface area contributed by atoms with Gasteiger partial charge in [0.1, 0.15) is 0 Å². The van der Waals surface area contributed by atoms with Gasteiger partial charge in [-0.15, -0.1) is 0 Å². The lowest BCUT2D eigenvalue weighted by Crippen LogP contribution is -2.45. The summed E-state index contributed by atoms with van der Waals surface area (Å²) in [7, 11) is -0.672. The van der Waals surface area contributed by atoms with E-state index in [1.807, 2.05) is 0 Å². The second kappa shape index (κ2) is 2.61. The SMILES string of the molecule is CN(C)S(=O)(=O)C(N)N. The van der Waals surface area contributed by atoms with Gasteiger partial charge in [0.15, 0.2) is 5.50 Å². The monoisotopic (exact) mass is 153 g/mol. The van der Waals surface area contributed by atoms with Crippen molar-refractivity contribution in [2.45, 2.75) is 5.50 Å². The summed E-state index contributed by atoms with van der Waals surface area (Å²) in [6.45, 7) is 0. The van der Waals surface area contributed by atoms with Gasteiger partial charge in [-0.2, -0.15) is 0 Å². The van der Waals surface area contributed by atoms with Gasteiger partial charge in [-0.3, -0.25) is 0 Å². The molecule has 0 atom stereocenters. The molecule has 0 aliphatic carbocycles. The fraction of sp³-hybridized carbons (Fsp3) is 1.00. The third kappa shape index (κ3) is 1.90. The molecule has 0 saturated heterocycles. The van der Waals surface area contributed by atoms with Gasteiger partial charge in [-0.05, 0) is 0 Å². The zero-order valence-electron chi connectivity index (χ0n) is 5.40. The Bertz CT molecular complexity index is 157. The van der Waals surface area contributed by atoms with E-state index in [1.54, 1.807) is 0 Å². The summed E-state index contributed by atoms with van der Waals surface area (Å²) in [4.78, 5) is 0. The molecule has 0 aromatic carbocycles. The minimum atomic E-state index is -3.43. The first-order valence-electron chi connectivity index (χ1n) is 2.31. The average Bonchev–Trinajstić information content (AvgIpc) is 1.65. The second-order valence-electron chi connectivity index (χ2n) is 1.79. The molecule has 9 heavy (non-hydrogen) atoms. The van der Waals surface area contributed by atoms with E-state index in [0.717, 1.165) is 4.31 Å². The number of hydrogen-bond acceptors (Lipinski definition) is 4. The minimum absolute atomic E-state index is 0.984. The molecule has 0 unspecified atom stereocenters. The lowest BCUT2D eigenvalue weighted by Gasteiger charge is -2.13. The highest BCUT2D eigenvalue weighted by Gasteiger charge is 2.18. The van der Waals surface area contributed by atoms with Gasteiger partial charge in [0.25, 0.3) is 0 Å². The smallest absolute Gasteiger partial charge is 0.243 e. The van der Waals surface area contributed by atoms with E-state index in [2.05, 4.69) is 0 Å². The van der Waals surface area contributed by atoms with Crippen molar-refractivity contribution in [2.75, 3.05) is 14.1 Å². The number of nitrogens with zero attached hydrogens (tertiary/aromatic N) is 1. The van der Waals surface area contributed by atoms with Gasteiger partial charge < -0.3 is 11.5 Å². The number of rotatable bonds is 2. The highest BCUT2D eigenvalue weighted by Crippen LogP contribution is 1.92. The van der Waals surface area contributed by atoms with Crippen molar-refractivity contribution in [3.63, 3.8) is 0 Å². The molecule has 56 valence electrons. The molecule has 0 aromatic rings. The topological polar surface area (TPSA) is 89.4 Å². The summed E-state index contributed by atoms with van der Waals surface area (Å²) in [5.74, 6) is 0. The summed E-state index contributed by atoms with van der Waals surface area (Å²) < 4.78 is 22.4. The average molecular weight is 153 g/mol. The predicted octanol–water partition coefficient (Wildman–Crippen LogP) is -1.92.